The van der Waals surface area contributed by atoms with Crippen LogP contribution in [0.3, 0.4) is 0 Å². The molecule has 0 radical (unpaired) electrons. The fourth-order valence-electron chi connectivity index (χ4n) is 3.11. The molecule has 2 atom stereocenters. The Bertz CT molecular complexity index is 393. The van der Waals surface area contributed by atoms with Gasteiger partial charge in [0.1, 0.15) is 0 Å². The van der Waals surface area contributed by atoms with Crippen LogP contribution in [0.4, 0.5) is 0 Å². The van der Waals surface area contributed by atoms with Gasteiger partial charge in [-0.15, -0.1) is 0 Å². The van der Waals surface area contributed by atoms with E-state index in [0.29, 0.717) is 13.1 Å². The molecule has 1 heterocycles. The first kappa shape index (κ1) is 10.6. The summed E-state index contributed by atoms with van der Waals surface area (Å²) in [6.45, 7) is 0.819. The van der Waals surface area contributed by atoms with Crippen LogP contribution in [-0.4, -0.2) is 43.8 Å². The number of hydrogen-bond acceptors (Lipinski definition) is 3. The lowest BCUT2D eigenvalue weighted by molar-refractivity contribution is -0.135. The second-order valence-corrected chi connectivity index (χ2v) is 7.70. The van der Waals surface area contributed by atoms with Gasteiger partial charge < -0.3 is 4.90 Å². The Balaban J connectivity index is 1.59. The van der Waals surface area contributed by atoms with Gasteiger partial charge in [-0.2, -0.15) is 0 Å². The molecule has 1 saturated heterocycles. The molecule has 1 aliphatic heterocycles. The molecule has 0 bridgehead atoms. The molecule has 0 aromatic carbocycles. The zero-order valence-corrected chi connectivity index (χ0v) is 10.1. The van der Waals surface area contributed by atoms with Gasteiger partial charge in [-0.05, 0) is 31.1 Å². The third kappa shape index (κ3) is 1.85. The molecular weight excluding hydrogens is 226 g/mol. The summed E-state index contributed by atoms with van der Waals surface area (Å²) < 4.78 is 22.5. The van der Waals surface area contributed by atoms with Crippen molar-refractivity contribution in [2.45, 2.75) is 19.3 Å². The summed E-state index contributed by atoms with van der Waals surface area (Å²) in [4.78, 5) is 13.9. The number of sulfone groups is 1. The highest BCUT2D eigenvalue weighted by Gasteiger charge is 2.49. The molecule has 0 aromatic heterocycles. The highest BCUT2D eigenvalue weighted by Crippen LogP contribution is 2.54. The third-order valence-corrected chi connectivity index (χ3v) is 5.86. The van der Waals surface area contributed by atoms with E-state index >= 15 is 0 Å². The Labute approximate surface area is 95.9 Å². The first-order valence-electron chi connectivity index (χ1n) is 6.04. The summed E-state index contributed by atoms with van der Waals surface area (Å²) in [6, 6.07) is 0. The number of carbonyl (C=O) groups is 1. The maximum absolute atomic E-state index is 12.1. The lowest BCUT2D eigenvalue weighted by Crippen LogP contribution is -2.46. The van der Waals surface area contributed by atoms with Crippen molar-refractivity contribution in [3.05, 3.63) is 0 Å². The topological polar surface area (TPSA) is 54.5 Å². The fraction of sp³-hybridized carbons (Fsp3) is 0.909. The van der Waals surface area contributed by atoms with Crippen molar-refractivity contribution >= 4 is 15.7 Å². The predicted octanol–water partition coefficient (Wildman–Crippen LogP) is 0.290. The average Bonchev–Trinajstić information content (AvgIpc) is 2.85. The summed E-state index contributed by atoms with van der Waals surface area (Å²) in [5.41, 5.74) is 0. The van der Waals surface area contributed by atoms with Crippen molar-refractivity contribution in [3.8, 4) is 0 Å². The molecule has 0 aromatic rings. The minimum absolute atomic E-state index is 0.151. The highest BCUT2D eigenvalue weighted by molar-refractivity contribution is 7.91. The first-order valence-corrected chi connectivity index (χ1v) is 7.86. The van der Waals surface area contributed by atoms with Gasteiger partial charge in [-0.25, -0.2) is 8.42 Å². The molecule has 1 amide bonds. The molecule has 0 N–H and O–H groups in total. The SMILES string of the molecule is O=C(C1CC2CC2C1)N1CCS(=O)(=O)CC1. The van der Waals surface area contributed by atoms with E-state index in [-0.39, 0.29) is 23.3 Å². The number of nitrogens with zero attached hydrogens (tertiary/aromatic N) is 1. The minimum Gasteiger partial charge on any atom is -0.340 e. The molecule has 90 valence electrons. The van der Waals surface area contributed by atoms with Gasteiger partial charge in [0.2, 0.25) is 5.91 Å². The number of hydrogen-bond donors (Lipinski definition) is 0. The van der Waals surface area contributed by atoms with Gasteiger partial charge in [-0.3, -0.25) is 4.79 Å². The smallest absolute Gasteiger partial charge is 0.225 e. The van der Waals surface area contributed by atoms with Crippen molar-refractivity contribution in [1.82, 2.24) is 4.90 Å². The number of rotatable bonds is 1. The van der Waals surface area contributed by atoms with Gasteiger partial charge in [0, 0.05) is 19.0 Å². The Morgan fingerprint density at radius 3 is 2.12 bits per heavy atom. The quantitative estimate of drug-likeness (QED) is 0.665. The van der Waals surface area contributed by atoms with Gasteiger partial charge in [0.15, 0.2) is 9.84 Å². The van der Waals surface area contributed by atoms with Crippen molar-refractivity contribution in [1.29, 1.82) is 0 Å². The van der Waals surface area contributed by atoms with Crippen LogP contribution in [0.2, 0.25) is 0 Å². The highest BCUT2D eigenvalue weighted by atomic mass is 32.2. The zero-order valence-electron chi connectivity index (χ0n) is 9.26. The molecule has 3 rings (SSSR count). The van der Waals surface area contributed by atoms with E-state index in [4.69, 9.17) is 0 Å². The molecule has 2 unspecified atom stereocenters. The van der Waals surface area contributed by atoms with Crippen molar-refractivity contribution < 1.29 is 13.2 Å². The maximum Gasteiger partial charge on any atom is 0.225 e. The van der Waals surface area contributed by atoms with Crippen LogP contribution in [0.15, 0.2) is 0 Å². The number of amides is 1. The van der Waals surface area contributed by atoms with Crippen LogP contribution in [0.1, 0.15) is 19.3 Å². The van der Waals surface area contributed by atoms with Gasteiger partial charge in [0.25, 0.3) is 0 Å². The molecule has 3 fully saturated rings. The average molecular weight is 243 g/mol. The van der Waals surface area contributed by atoms with E-state index in [1.54, 1.807) is 4.90 Å². The largest absolute Gasteiger partial charge is 0.340 e. The molecule has 2 saturated carbocycles. The summed E-state index contributed by atoms with van der Waals surface area (Å²) in [5.74, 6) is 2.33. The Hall–Kier alpha value is -0.580. The van der Waals surface area contributed by atoms with E-state index in [2.05, 4.69) is 0 Å². The van der Waals surface area contributed by atoms with Crippen LogP contribution < -0.4 is 0 Å². The van der Waals surface area contributed by atoms with Crippen molar-refractivity contribution in [2.75, 3.05) is 24.6 Å². The molecule has 16 heavy (non-hydrogen) atoms. The standard InChI is InChI=1S/C11H17NO3S/c13-11(10-6-8-5-9(8)7-10)12-1-3-16(14,15)4-2-12/h8-10H,1-7H2. The van der Waals surface area contributed by atoms with E-state index in [9.17, 15) is 13.2 Å². The molecule has 2 aliphatic carbocycles. The second kappa shape index (κ2) is 3.45. The predicted molar refractivity (Wildman–Crippen MR) is 59.6 cm³/mol. The Morgan fingerprint density at radius 2 is 1.56 bits per heavy atom. The van der Waals surface area contributed by atoms with E-state index in [0.717, 1.165) is 24.7 Å². The summed E-state index contributed by atoms with van der Waals surface area (Å²) in [6.07, 6.45) is 3.41. The van der Waals surface area contributed by atoms with E-state index in [1.165, 1.54) is 6.42 Å². The zero-order chi connectivity index (χ0) is 11.3. The number of carbonyl (C=O) groups excluding carboxylic acids is 1. The Kier molecular flexibility index (Phi) is 2.28. The van der Waals surface area contributed by atoms with Gasteiger partial charge in [-0.1, -0.05) is 0 Å². The normalized spacial score (nSPS) is 40.5. The lowest BCUT2D eigenvalue weighted by atomic mass is 10.0. The van der Waals surface area contributed by atoms with E-state index < -0.39 is 9.84 Å². The van der Waals surface area contributed by atoms with Gasteiger partial charge >= 0.3 is 0 Å². The molecule has 3 aliphatic rings. The summed E-state index contributed by atoms with van der Waals surface area (Å²) >= 11 is 0. The minimum atomic E-state index is -2.87. The summed E-state index contributed by atoms with van der Waals surface area (Å²) in [5, 5.41) is 0. The van der Waals surface area contributed by atoms with E-state index in [1.807, 2.05) is 0 Å². The second-order valence-electron chi connectivity index (χ2n) is 5.40. The number of fused-ring (bicyclic) bond motifs is 1. The van der Waals surface area contributed by atoms with Crippen LogP contribution in [0, 0.1) is 17.8 Å². The van der Waals surface area contributed by atoms with Crippen LogP contribution in [0.25, 0.3) is 0 Å². The van der Waals surface area contributed by atoms with Crippen LogP contribution in [-0.2, 0) is 14.6 Å². The monoisotopic (exact) mass is 243 g/mol. The maximum atomic E-state index is 12.1. The first-order chi connectivity index (χ1) is 7.55. The fourth-order valence-corrected chi connectivity index (χ4v) is 4.31. The molecule has 4 nitrogen and oxygen atoms in total. The molecular formula is C11H17NO3S. The molecule has 5 heteroatoms. The third-order valence-electron chi connectivity index (χ3n) is 4.25. The molecule has 0 spiro atoms. The Morgan fingerprint density at radius 1 is 1.00 bits per heavy atom. The van der Waals surface area contributed by atoms with Crippen LogP contribution >= 0.6 is 0 Å². The summed E-state index contributed by atoms with van der Waals surface area (Å²) in [7, 11) is -2.87. The van der Waals surface area contributed by atoms with Gasteiger partial charge in [0.05, 0.1) is 11.5 Å². The van der Waals surface area contributed by atoms with Crippen molar-refractivity contribution in [3.63, 3.8) is 0 Å². The van der Waals surface area contributed by atoms with Crippen molar-refractivity contribution in [2.24, 2.45) is 17.8 Å². The van der Waals surface area contributed by atoms with Crippen LogP contribution in [0.5, 0.6) is 0 Å². The lowest BCUT2D eigenvalue weighted by Gasteiger charge is -2.29.